The van der Waals surface area contributed by atoms with E-state index >= 15 is 9.90 Å². The molecule has 2 heterocycles. The SMILES string of the molecule is CNC[C@@H]1[C@@H](O)[C@@H](O)C[C@]2(C)[C@@H]3C(=CC(=O)[C@H]12)[C@]1(O)[C@@H]2C[C@H]([C@@H]4C[C@@H]5CCCC6=C5[C@H](C(=C5CCCC7(CCCC7)[C@H]65)C(C)(C)C[C@H](n5ccnc5)CSS[C@H]2CCc2ccccc2)[C@H]4O)[C@@]1(C)C[C@@H]3CN=C(N)N[C@@H](C)O. The van der Waals surface area contributed by atoms with E-state index in [2.05, 4.69) is 84.4 Å². The zero-order chi connectivity index (χ0) is 54.7. The van der Waals surface area contributed by atoms with Crippen LogP contribution in [-0.4, -0.2) is 108 Å². The molecule has 6 saturated carbocycles. The van der Waals surface area contributed by atoms with Crippen molar-refractivity contribution in [2.75, 3.05) is 25.9 Å². The number of aliphatic hydroxyl groups excluding tert-OH is 4. The standard InChI is InChI=1S/C64H92N6O6S2/c1-36(71)69-59(65)68-32-39-29-62(5)45-27-46(64(62,76)47-28-48(72)55-44(33-66-6)57(74)49(73)31-61(55,4)53(39)47)50(20-19-37-14-8-7-9-15-37)78-77-34-40(70-25-24-67-35-70)30-60(2,3)56-42-18-13-23-63(21-10-11-22-63)54(42)41-17-12-16-38-26-43(45)58(75)52(56)51(38)41/h7-9,14-15,24-25,28,35-36,38-40,43-46,49-50,52-55,57-58,66,71,73-76H,10-13,16-23,26-27,29-34H2,1-6H3,(H3,65,68,69)/t36-,38+,39-,40+,43+,44+,45-,46-,49+,50+,52-,53+,54-,55+,57-,58+,61-,62-,64-/m1/s1. The Labute approximate surface area is 472 Å². The summed E-state index contributed by atoms with van der Waals surface area (Å²) < 4.78 is 2.35. The van der Waals surface area contributed by atoms with E-state index in [9.17, 15) is 20.4 Å². The number of allylic oxidation sites excluding steroid dienone is 3. The van der Waals surface area contributed by atoms with Crippen molar-refractivity contribution < 1.29 is 30.3 Å². The number of ketones is 1. The van der Waals surface area contributed by atoms with Gasteiger partial charge in [0.15, 0.2) is 11.7 Å². The van der Waals surface area contributed by atoms with Crippen LogP contribution in [0.2, 0.25) is 0 Å². The van der Waals surface area contributed by atoms with Gasteiger partial charge in [-0.15, -0.1) is 0 Å². The van der Waals surface area contributed by atoms with Crippen molar-refractivity contribution in [3.8, 4) is 0 Å². The molecule has 1 spiro atoms. The van der Waals surface area contributed by atoms with Gasteiger partial charge in [-0.2, -0.15) is 0 Å². The number of guanidine groups is 1. The van der Waals surface area contributed by atoms with E-state index in [1.165, 1.54) is 50.5 Å². The van der Waals surface area contributed by atoms with E-state index in [-0.39, 0.29) is 71.0 Å². The number of hydrogen-bond donors (Lipinski definition) is 8. The molecule has 9 aliphatic carbocycles. The lowest BCUT2D eigenvalue weighted by molar-refractivity contribution is -0.184. The predicted molar refractivity (Wildman–Crippen MR) is 312 cm³/mol. The molecule has 0 unspecified atom stereocenters. The van der Waals surface area contributed by atoms with Gasteiger partial charge in [-0.25, -0.2) is 4.98 Å². The Morgan fingerprint density at radius 1 is 0.949 bits per heavy atom. The number of rotatable bonds is 9. The van der Waals surface area contributed by atoms with Gasteiger partial charge < -0.3 is 46.5 Å². The van der Waals surface area contributed by atoms with Gasteiger partial charge in [-0.3, -0.25) is 9.79 Å². The predicted octanol–water partition coefficient (Wildman–Crippen LogP) is 9.35. The number of nitrogens with zero attached hydrogens (tertiary/aromatic N) is 3. The molecule has 14 heteroatoms. The van der Waals surface area contributed by atoms with Crippen LogP contribution in [0.15, 0.2) is 88.0 Å². The molecule has 9 N–H and O–H groups in total. The minimum Gasteiger partial charge on any atom is -0.392 e. The van der Waals surface area contributed by atoms with Gasteiger partial charge in [0.1, 0.15) is 6.23 Å². The Kier molecular flexibility index (Phi) is 15.0. The fourth-order valence-electron chi connectivity index (χ4n) is 20.9. The highest BCUT2D eigenvalue weighted by Crippen LogP contribution is 2.75. The molecule has 426 valence electrons. The first-order valence-corrected chi connectivity index (χ1v) is 32.9. The third-order valence-corrected chi connectivity index (χ3v) is 26.5. The summed E-state index contributed by atoms with van der Waals surface area (Å²) in [6, 6.07) is 10.9. The van der Waals surface area contributed by atoms with Crippen molar-refractivity contribution in [1.82, 2.24) is 20.2 Å². The zero-order valence-corrected chi connectivity index (χ0v) is 49.1. The number of aliphatic imine (C=N–C) groups is 1. The van der Waals surface area contributed by atoms with Crippen molar-refractivity contribution in [1.29, 1.82) is 0 Å². The largest absolute Gasteiger partial charge is 0.392 e. The van der Waals surface area contributed by atoms with Crippen LogP contribution in [-0.2, 0) is 11.2 Å². The Morgan fingerprint density at radius 2 is 1.71 bits per heavy atom. The number of carbonyl (C=O) groups excluding carboxylic acids is 1. The minimum absolute atomic E-state index is 0.0298. The van der Waals surface area contributed by atoms with Crippen LogP contribution in [0.5, 0.6) is 0 Å². The molecule has 4 bridgehead atoms. The third-order valence-electron chi connectivity index (χ3n) is 23.5. The summed E-state index contributed by atoms with van der Waals surface area (Å²) in [7, 11) is 5.71. The summed E-state index contributed by atoms with van der Waals surface area (Å²) >= 11 is 0. The molecule has 78 heavy (non-hydrogen) atoms. The van der Waals surface area contributed by atoms with Crippen LogP contribution in [0.25, 0.3) is 0 Å². The fraction of sp³-hybridized carbons (Fsp3) is 0.734. The first-order valence-electron chi connectivity index (χ1n) is 30.5. The van der Waals surface area contributed by atoms with E-state index in [0.717, 1.165) is 56.3 Å². The molecule has 10 aliphatic rings. The number of imidazole rings is 1. The monoisotopic (exact) mass is 1100 g/mol. The molecule has 7 fully saturated rings. The van der Waals surface area contributed by atoms with E-state index in [0.29, 0.717) is 36.6 Å². The number of nitrogens with one attached hydrogen (secondary N) is 2. The second kappa shape index (κ2) is 21.0. The van der Waals surface area contributed by atoms with Crippen molar-refractivity contribution >= 4 is 33.3 Å². The minimum atomic E-state index is -1.47. The lowest BCUT2D eigenvalue weighted by Gasteiger charge is -2.65. The van der Waals surface area contributed by atoms with Crippen LogP contribution in [0.1, 0.15) is 149 Å². The van der Waals surface area contributed by atoms with Gasteiger partial charge in [0, 0.05) is 77.5 Å². The topological polar surface area (TPSA) is 198 Å². The number of aryl methyl sites for hydroxylation is 1. The highest BCUT2D eigenvalue weighted by atomic mass is 33.1. The first kappa shape index (κ1) is 55.6. The van der Waals surface area contributed by atoms with E-state index < -0.39 is 58.7 Å². The van der Waals surface area contributed by atoms with Crippen LogP contribution in [0.3, 0.4) is 0 Å². The molecule has 12 rings (SSSR count). The Morgan fingerprint density at radius 3 is 2.44 bits per heavy atom. The summed E-state index contributed by atoms with van der Waals surface area (Å²) in [6.07, 6.45) is 21.5. The molecule has 19 atom stereocenters. The molecule has 2 aromatic rings. The summed E-state index contributed by atoms with van der Waals surface area (Å²) in [5, 5.41) is 69.8. The molecule has 1 aromatic heterocycles. The number of aromatic nitrogens is 2. The lowest BCUT2D eigenvalue weighted by atomic mass is 9.40. The Hall–Kier alpha value is -2.95. The zero-order valence-electron chi connectivity index (χ0n) is 47.5. The normalized spacial score (nSPS) is 43.2. The van der Waals surface area contributed by atoms with Crippen molar-refractivity contribution in [3.63, 3.8) is 0 Å². The molecule has 1 aromatic carbocycles. The third kappa shape index (κ3) is 8.85. The lowest BCUT2D eigenvalue weighted by Crippen LogP contribution is -2.68. The van der Waals surface area contributed by atoms with Gasteiger partial charge in [0.05, 0.1) is 30.2 Å². The maximum atomic E-state index is 15.6. The Bertz CT molecular complexity index is 2690. The molecular formula is C64H92N6O6S2. The number of hydrogen-bond acceptors (Lipinski definition) is 11. The summed E-state index contributed by atoms with van der Waals surface area (Å²) in [5.74, 6) is -0.643. The van der Waals surface area contributed by atoms with Crippen LogP contribution < -0.4 is 16.4 Å². The summed E-state index contributed by atoms with van der Waals surface area (Å²) in [4.78, 5) is 25.2. The molecule has 0 radical (unpaired) electrons. The van der Waals surface area contributed by atoms with Crippen LogP contribution in [0, 0.1) is 80.8 Å². The molecule has 1 saturated heterocycles. The number of aliphatic hydroxyl groups is 5. The molecular weight excluding hydrogens is 1010 g/mol. The quantitative estimate of drug-likeness (QED) is 0.0390. The van der Waals surface area contributed by atoms with Gasteiger partial charge in [0.25, 0.3) is 0 Å². The highest BCUT2D eigenvalue weighted by molar-refractivity contribution is 8.76. The van der Waals surface area contributed by atoms with E-state index in [1.54, 1.807) is 29.2 Å². The van der Waals surface area contributed by atoms with Crippen molar-refractivity contribution in [3.05, 3.63) is 88.6 Å². The van der Waals surface area contributed by atoms with Gasteiger partial charge in [-0.05, 0) is 173 Å². The van der Waals surface area contributed by atoms with Crippen LogP contribution >= 0.6 is 21.6 Å². The summed E-state index contributed by atoms with van der Waals surface area (Å²) in [5.41, 5.74) is 12.1. The van der Waals surface area contributed by atoms with Gasteiger partial charge >= 0.3 is 0 Å². The number of fused-ring (bicyclic) bond motifs is 14. The number of benzene rings is 1. The van der Waals surface area contributed by atoms with Crippen LogP contribution in [0.4, 0.5) is 0 Å². The van der Waals surface area contributed by atoms with E-state index in [1.807, 2.05) is 47.2 Å². The van der Waals surface area contributed by atoms with Gasteiger partial charge in [-0.1, -0.05) is 115 Å². The number of carbonyl (C=O) groups is 1. The molecule has 0 amide bonds. The number of nitrogens with two attached hydrogens (primary N) is 1. The Balaban J connectivity index is 1.07. The molecule has 1 aliphatic heterocycles. The second-order valence-corrected chi connectivity index (χ2v) is 30.7. The van der Waals surface area contributed by atoms with Crippen molar-refractivity contribution in [2.45, 2.75) is 185 Å². The molecule has 12 nitrogen and oxygen atoms in total. The average molecular weight is 1110 g/mol. The summed E-state index contributed by atoms with van der Waals surface area (Å²) in [6.45, 7) is 11.8. The maximum Gasteiger partial charge on any atom is 0.190 e. The van der Waals surface area contributed by atoms with Gasteiger partial charge in [0.2, 0.25) is 0 Å². The average Bonchev–Trinajstić information content (AvgIpc) is 3.00. The smallest absolute Gasteiger partial charge is 0.190 e. The highest BCUT2D eigenvalue weighted by Gasteiger charge is 2.75. The maximum absolute atomic E-state index is 15.6. The van der Waals surface area contributed by atoms with E-state index in [4.69, 9.17) is 10.7 Å². The second-order valence-electron chi connectivity index (χ2n) is 28.0. The first-order chi connectivity index (χ1) is 37.3. The van der Waals surface area contributed by atoms with Crippen molar-refractivity contribution in [2.24, 2.45) is 91.6 Å². The fourth-order valence-corrected chi connectivity index (χ4v) is 24.2.